The van der Waals surface area contributed by atoms with Crippen LogP contribution in [-0.2, 0) is 11.0 Å². The molecule has 0 saturated heterocycles. The molecule has 1 fully saturated rings. The van der Waals surface area contributed by atoms with E-state index in [1.807, 2.05) is 24.3 Å². The van der Waals surface area contributed by atoms with Gasteiger partial charge < -0.3 is 15.6 Å². The minimum atomic E-state index is -4.75. The molecule has 7 nitrogen and oxygen atoms in total. The lowest BCUT2D eigenvalue weighted by Crippen LogP contribution is -2.41. The van der Waals surface area contributed by atoms with Crippen LogP contribution in [0.4, 0.5) is 24.7 Å². The fourth-order valence-electron chi connectivity index (χ4n) is 4.56. The molecule has 0 amide bonds. The van der Waals surface area contributed by atoms with Crippen molar-refractivity contribution in [1.82, 2.24) is 9.97 Å². The largest absolute Gasteiger partial charge is 0.481 e. The van der Waals surface area contributed by atoms with Gasteiger partial charge in [-0.3, -0.25) is 4.79 Å². The van der Waals surface area contributed by atoms with Crippen molar-refractivity contribution in [2.45, 2.75) is 63.6 Å². The summed E-state index contributed by atoms with van der Waals surface area (Å²) in [6.45, 7) is 3.41. The number of benzene rings is 1. The van der Waals surface area contributed by atoms with Crippen molar-refractivity contribution < 1.29 is 27.8 Å². The zero-order valence-electron chi connectivity index (χ0n) is 18.3. The number of nitrogen functional groups attached to an aromatic ring is 1. The molecule has 10 heteroatoms. The van der Waals surface area contributed by atoms with Gasteiger partial charge in [-0.05, 0) is 56.9 Å². The zero-order chi connectivity index (χ0) is 24.0. The van der Waals surface area contributed by atoms with Gasteiger partial charge in [0.15, 0.2) is 11.5 Å². The van der Waals surface area contributed by atoms with Gasteiger partial charge in [-0.2, -0.15) is 18.2 Å². The minimum Gasteiger partial charge on any atom is -0.481 e. The molecule has 2 aromatic rings. The van der Waals surface area contributed by atoms with Crippen LogP contribution in [0.15, 0.2) is 29.3 Å². The van der Waals surface area contributed by atoms with Crippen LogP contribution in [0.5, 0.6) is 5.88 Å². The summed E-state index contributed by atoms with van der Waals surface area (Å²) in [5.74, 6) is -2.20. The van der Waals surface area contributed by atoms with E-state index in [2.05, 4.69) is 15.0 Å². The maximum atomic E-state index is 13.0. The average Bonchev–Trinajstić information content (AvgIpc) is 2.72. The third-order valence-corrected chi connectivity index (χ3v) is 6.24. The Bertz CT molecular complexity index is 1090. The normalized spacial score (nSPS) is 22.2. The number of aliphatic carboxylic acids is 1. The van der Waals surface area contributed by atoms with E-state index < -0.39 is 29.4 Å². The van der Waals surface area contributed by atoms with Gasteiger partial charge in [0.1, 0.15) is 5.60 Å². The number of hydrogen-bond acceptors (Lipinski definition) is 6. The zero-order valence-corrected chi connectivity index (χ0v) is 18.3. The van der Waals surface area contributed by atoms with Gasteiger partial charge in [0.05, 0.1) is 5.71 Å². The number of aromatic nitrogens is 2. The highest BCUT2D eigenvalue weighted by Gasteiger charge is 2.40. The van der Waals surface area contributed by atoms with Crippen LogP contribution in [0, 0.1) is 5.92 Å². The van der Waals surface area contributed by atoms with E-state index in [1.165, 1.54) is 5.56 Å². The predicted molar refractivity (Wildman–Crippen MR) is 116 cm³/mol. The molecule has 0 spiro atoms. The molecule has 0 radical (unpaired) electrons. The molecule has 2 heterocycles. The minimum absolute atomic E-state index is 0.0156. The number of carboxylic acid groups (broad SMARTS) is 1. The highest BCUT2D eigenvalue weighted by Crippen LogP contribution is 2.42. The molecule has 2 aliphatic rings. The Labute approximate surface area is 188 Å². The Morgan fingerprint density at radius 2 is 1.79 bits per heavy atom. The van der Waals surface area contributed by atoms with Crippen LogP contribution >= 0.6 is 0 Å². The van der Waals surface area contributed by atoms with E-state index in [9.17, 15) is 18.0 Å². The molecule has 1 aromatic carbocycles. The fourth-order valence-corrected chi connectivity index (χ4v) is 4.56. The standard InChI is InChI=1S/C23H25F3N4O3/c1-22(2)18(28-17-19(27)29-21(23(24,25)26)30-20(17)33-22)15-9-7-14(8-10-15)13-5-3-12(4-6-13)11-16(31)32/h7-10,12-13H,3-6,11H2,1-2H3,(H,31,32)(H2,27,29,30)/t12-,13-. The number of ether oxygens (including phenoxy) is 1. The first kappa shape index (κ1) is 23.0. The monoisotopic (exact) mass is 462 g/mol. The number of anilines is 1. The lowest BCUT2D eigenvalue weighted by atomic mass is 9.77. The topological polar surface area (TPSA) is 111 Å². The smallest absolute Gasteiger partial charge is 0.451 e. The molecule has 33 heavy (non-hydrogen) atoms. The first-order chi connectivity index (χ1) is 15.4. The van der Waals surface area contributed by atoms with E-state index >= 15 is 0 Å². The average molecular weight is 462 g/mol. The van der Waals surface area contributed by atoms with Crippen molar-refractivity contribution in [3.63, 3.8) is 0 Å². The van der Waals surface area contributed by atoms with Gasteiger partial charge in [0, 0.05) is 12.0 Å². The summed E-state index contributed by atoms with van der Waals surface area (Å²) in [5, 5.41) is 8.99. The highest BCUT2D eigenvalue weighted by atomic mass is 19.4. The number of carbonyl (C=O) groups is 1. The molecule has 1 aliphatic heterocycles. The van der Waals surface area contributed by atoms with Gasteiger partial charge in [-0.25, -0.2) is 9.98 Å². The Kier molecular flexibility index (Phi) is 5.79. The summed E-state index contributed by atoms with van der Waals surface area (Å²) in [6, 6.07) is 7.85. The van der Waals surface area contributed by atoms with Crippen LogP contribution in [-0.4, -0.2) is 32.4 Å². The van der Waals surface area contributed by atoms with Gasteiger partial charge in [-0.15, -0.1) is 0 Å². The highest BCUT2D eigenvalue weighted by molar-refractivity contribution is 6.09. The maximum absolute atomic E-state index is 13.0. The second-order valence-electron chi connectivity index (χ2n) is 9.09. The van der Waals surface area contributed by atoms with Crippen molar-refractivity contribution in [2.75, 3.05) is 5.73 Å². The summed E-state index contributed by atoms with van der Waals surface area (Å²) >= 11 is 0. The number of fused-ring (bicyclic) bond motifs is 1. The number of hydrogen-bond donors (Lipinski definition) is 2. The number of carboxylic acids is 1. The number of nitrogens with zero attached hydrogens (tertiary/aromatic N) is 3. The molecule has 176 valence electrons. The number of rotatable bonds is 4. The predicted octanol–water partition coefficient (Wildman–Crippen LogP) is 5.12. The van der Waals surface area contributed by atoms with Crippen LogP contribution in [0.1, 0.15) is 68.8 Å². The first-order valence-corrected chi connectivity index (χ1v) is 10.8. The Balaban J connectivity index is 1.57. The van der Waals surface area contributed by atoms with Gasteiger partial charge in [0.25, 0.3) is 0 Å². The molecule has 0 unspecified atom stereocenters. The van der Waals surface area contributed by atoms with E-state index in [1.54, 1.807) is 13.8 Å². The fraction of sp³-hybridized carbons (Fsp3) is 0.478. The van der Waals surface area contributed by atoms with Crippen molar-refractivity contribution in [3.8, 4) is 5.88 Å². The van der Waals surface area contributed by atoms with Crippen molar-refractivity contribution in [1.29, 1.82) is 0 Å². The molecule has 0 atom stereocenters. The molecule has 1 aromatic heterocycles. The molecular weight excluding hydrogens is 437 g/mol. The number of aliphatic imine (C=N–C) groups is 1. The maximum Gasteiger partial charge on any atom is 0.451 e. The first-order valence-electron chi connectivity index (χ1n) is 10.8. The van der Waals surface area contributed by atoms with E-state index in [-0.39, 0.29) is 23.9 Å². The van der Waals surface area contributed by atoms with Crippen molar-refractivity contribution in [2.24, 2.45) is 10.9 Å². The molecular formula is C23H25F3N4O3. The summed E-state index contributed by atoms with van der Waals surface area (Å²) in [6.07, 6.45) is -0.863. The van der Waals surface area contributed by atoms with Crippen molar-refractivity contribution in [3.05, 3.63) is 41.2 Å². The van der Waals surface area contributed by atoms with Gasteiger partial charge in [0.2, 0.25) is 11.7 Å². The Morgan fingerprint density at radius 1 is 1.15 bits per heavy atom. The number of alkyl halides is 3. The summed E-state index contributed by atoms with van der Waals surface area (Å²) in [4.78, 5) is 22.3. The van der Waals surface area contributed by atoms with Crippen LogP contribution in [0.3, 0.4) is 0 Å². The van der Waals surface area contributed by atoms with E-state index in [0.29, 0.717) is 11.6 Å². The van der Waals surface area contributed by atoms with Crippen LogP contribution < -0.4 is 10.5 Å². The van der Waals surface area contributed by atoms with Crippen LogP contribution in [0.2, 0.25) is 0 Å². The van der Waals surface area contributed by atoms with Gasteiger partial charge >= 0.3 is 12.1 Å². The summed E-state index contributed by atoms with van der Waals surface area (Å²) < 4.78 is 44.9. The van der Waals surface area contributed by atoms with E-state index in [4.69, 9.17) is 15.6 Å². The Morgan fingerprint density at radius 3 is 2.36 bits per heavy atom. The Hall–Kier alpha value is -3.17. The number of nitrogens with two attached hydrogens (primary N) is 1. The van der Waals surface area contributed by atoms with Gasteiger partial charge in [-0.1, -0.05) is 24.3 Å². The van der Waals surface area contributed by atoms with Crippen LogP contribution in [0.25, 0.3) is 0 Å². The summed E-state index contributed by atoms with van der Waals surface area (Å²) in [7, 11) is 0. The van der Waals surface area contributed by atoms with Crippen molar-refractivity contribution >= 4 is 23.2 Å². The number of halogens is 3. The second kappa shape index (κ2) is 8.31. The quantitative estimate of drug-likeness (QED) is 0.653. The molecule has 1 saturated carbocycles. The molecule has 1 aliphatic carbocycles. The third-order valence-electron chi connectivity index (χ3n) is 6.24. The molecule has 4 rings (SSSR count). The summed E-state index contributed by atoms with van der Waals surface area (Å²) in [5.41, 5.74) is 7.15. The van der Waals surface area contributed by atoms with E-state index in [0.717, 1.165) is 31.2 Å². The molecule has 0 bridgehead atoms. The third kappa shape index (κ3) is 4.79. The SMILES string of the molecule is CC1(C)Oc2nc(C(F)(F)F)nc(N)c2N=C1c1ccc([C@H]2CC[C@H](CC(=O)O)CC2)cc1. The second-order valence-corrected chi connectivity index (χ2v) is 9.09. The molecule has 3 N–H and O–H groups in total. The lowest BCUT2D eigenvalue weighted by Gasteiger charge is -2.32. The lowest BCUT2D eigenvalue weighted by molar-refractivity contribution is -0.145.